The summed E-state index contributed by atoms with van der Waals surface area (Å²) in [4.78, 5) is 13.8. The van der Waals surface area contributed by atoms with Gasteiger partial charge in [0, 0.05) is 12.7 Å². The van der Waals surface area contributed by atoms with Crippen molar-refractivity contribution in [1.29, 1.82) is 0 Å². The minimum atomic E-state index is -3.13. The van der Waals surface area contributed by atoms with Crippen LogP contribution in [0.3, 0.4) is 0 Å². The summed E-state index contributed by atoms with van der Waals surface area (Å²) >= 11 is 0. The average molecular weight is 271 g/mol. The molecule has 0 bridgehead atoms. The summed E-state index contributed by atoms with van der Waals surface area (Å²) in [6, 6.07) is 0. The molecule has 0 spiro atoms. The summed E-state index contributed by atoms with van der Waals surface area (Å²) in [6.45, 7) is 3.22. The van der Waals surface area contributed by atoms with Crippen LogP contribution in [0.2, 0.25) is 0 Å². The van der Waals surface area contributed by atoms with Gasteiger partial charge in [0.1, 0.15) is 12.7 Å². The van der Waals surface area contributed by atoms with E-state index in [-0.39, 0.29) is 54.9 Å². The summed E-state index contributed by atoms with van der Waals surface area (Å²) in [6.07, 6.45) is 1.13. The Bertz CT molecular complexity index is 502. The first-order valence-corrected chi connectivity index (χ1v) is 6.56. The molecule has 0 N–H and O–H groups in total. The van der Waals surface area contributed by atoms with Crippen LogP contribution in [-0.2, 0) is 16.4 Å². The van der Waals surface area contributed by atoms with Gasteiger partial charge >= 0.3 is 35.4 Å². The molecule has 0 aliphatic carbocycles. The molecule has 0 fully saturated rings. The largest absolute Gasteiger partial charge is 1.00 e. The van der Waals surface area contributed by atoms with E-state index >= 15 is 0 Å². The van der Waals surface area contributed by atoms with Crippen LogP contribution < -0.4 is 29.6 Å². The molecule has 0 saturated heterocycles. The van der Waals surface area contributed by atoms with Crippen LogP contribution in [0.25, 0.3) is 0 Å². The Balaban J connectivity index is 0. The van der Waals surface area contributed by atoms with Gasteiger partial charge in [-0.3, -0.25) is 0 Å². The molecule has 0 aliphatic rings. The van der Waals surface area contributed by atoms with Crippen molar-refractivity contribution in [3.05, 3.63) is 22.1 Å². The number of sulfone groups is 1. The molecule has 1 heterocycles. The topological polar surface area (TPSA) is 95.1 Å². The second-order valence-electron chi connectivity index (χ2n) is 3.31. The Labute approximate surface area is 123 Å². The van der Waals surface area contributed by atoms with Crippen LogP contribution in [0.1, 0.15) is 14.2 Å². The third-order valence-corrected chi connectivity index (χ3v) is 3.97. The molecule has 1 rings (SSSR count). The molecule has 7 nitrogen and oxygen atoms in total. The molecule has 0 aromatic carbocycles. The van der Waals surface area contributed by atoms with Gasteiger partial charge in [-0.15, -0.1) is 0 Å². The van der Waals surface area contributed by atoms with Gasteiger partial charge in [0.25, 0.3) is 0 Å². The van der Waals surface area contributed by atoms with E-state index in [4.69, 9.17) is 0 Å². The van der Waals surface area contributed by atoms with Crippen molar-refractivity contribution >= 4 is 15.7 Å². The molecule has 0 amide bonds. The average Bonchev–Trinajstić information content (AvgIpc) is 2.57. The maximum Gasteiger partial charge on any atom is 1.00 e. The monoisotopic (exact) mass is 271 g/mol. The van der Waals surface area contributed by atoms with E-state index in [0.29, 0.717) is 5.82 Å². The molecule has 0 saturated carbocycles. The number of imidazole rings is 1. The number of aromatic nitrogens is 2. The van der Waals surface area contributed by atoms with Gasteiger partial charge in [-0.1, -0.05) is 6.92 Å². The quantitative estimate of drug-likeness (QED) is 0.339. The maximum atomic E-state index is 11.3. The fraction of sp³-hybridized carbons (Fsp3) is 0.625. The van der Waals surface area contributed by atoms with Crippen molar-refractivity contribution in [3.8, 4) is 0 Å². The minimum Gasteiger partial charge on any atom is -1.00 e. The van der Waals surface area contributed by atoms with Gasteiger partial charge in [-0.2, -0.15) is 0 Å². The first-order valence-electron chi connectivity index (χ1n) is 4.74. The van der Waals surface area contributed by atoms with Crippen molar-refractivity contribution in [2.45, 2.75) is 20.4 Å². The Kier molecular flexibility index (Phi) is 6.31. The third kappa shape index (κ3) is 4.38. The van der Waals surface area contributed by atoms with Gasteiger partial charge in [-0.25, -0.2) is 18.0 Å². The fourth-order valence-corrected chi connectivity index (χ4v) is 2.00. The normalized spacial score (nSPS) is 10.9. The van der Waals surface area contributed by atoms with Crippen molar-refractivity contribution in [1.82, 2.24) is 9.55 Å². The van der Waals surface area contributed by atoms with Crippen LogP contribution in [0, 0.1) is 17.0 Å². The molecular formula is C8H14N3NaO4S. The zero-order valence-corrected chi connectivity index (χ0v) is 12.9. The summed E-state index contributed by atoms with van der Waals surface area (Å²) < 4.78 is 23.9. The summed E-state index contributed by atoms with van der Waals surface area (Å²) in [5.41, 5.74) is 0. The third-order valence-electron chi connectivity index (χ3n) is 2.29. The van der Waals surface area contributed by atoms with Crippen LogP contribution >= 0.6 is 0 Å². The predicted molar refractivity (Wildman–Crippen MR) is 59.1 cm³/mol. The van der Waals surface area contributed by atoms with Crippen LogP contribution in [0.15, 0.2) is 6.20 Å². The Morgan fingerprint density at radius 1 is 1.59 bits per heavy atom. The Hall–Kier alpha value is -0.440. The summed E-state index contributed by atoms with van der Waals surface area (Å²) in [7, 11) is -3.13. The van der Waals surface area contributed by atoms with E-state index < -0.39 is 14.8 Å². The van der Waals surface area contributed by atoms with Gasteiger partial charge in [0.05, 0.1) is 5.75 Å². The van der Waals surface area contributed by atoms with Crippen LogP contribution in [0.4, 0.5) is 5.82 Å². The maximum absolute atomic E-state index is 11.3. The standard InChI is InChI=1S/C8H13N3O4S.Na.H/c1-3-16(14,15)5-4-10-7(2)9-6-8(10)11(12)13;;/h6H,3-5H2,1-2H3;;/q;+1;-1. The van der Waals surface area contributed by atoms with Crippen LogP contribution in [0.5, 0.6) is 0 Å². The van der Waals surface area contributed by atoms with Crippen molar-refractivity contribution in [2.24, 2.45) is 0 Å². The number of aryl methyl sites for hydroxylation is 1. The Morgan fingerprint density at radius 3 is 2.65 bits per heavy atom. The van der Waals surface area contributed by atoms with Crippen LogP contribution in [-0.4, -0.2) is 34.4 Å². The zero-order chi connectivity index (χ0) is 12.3. The SMILES string of the molecule is CCS(=O)(=O)CCn1c([N+](=O)[O-])cnc1C.[H-].[Na+]. The molecule has 0 atom stereocenters. The molecule has 92 valence electrons. The first kappa shape index (κ1) is 16.6. The number of hydrogen-bond acceptors (Lipinski definition) is 5. The number of rotatable bonds is 5. The smallest absolute Gasteiger partial charge is 1.00 e. The molecule has 0 radical (unpaired) electrons. The Morgan fingerprint density at radius 2 is 2.18 bits per heavy atom. The fourth-order valence-electron chi connectivity index (χ4n) is 1.25. The molecule has 1 aromatic rings. The predicted octanol–water partition coefficient (Wildman–Crippen LogP) is -2.35. The van der Waals surface area contributed by atoms with Gasteiger partial charge in [0.2, 0.25) is 0 Å². The second kappa shape index (κ2) is 6.48. The molecule has 17 heavy (non-hydrogen) atoms. The molecular weight excluding hydrogens is 257 g/mol. The zero-order valence-electron chi connectivity index (χ0n) is 11.1. The summed E-state index contributed by atoms with van der Waals surface area (Å²) in [5.74, 6) is 0.192. The van der Waals surface area contributed by atoms with Gasteiger partial charge in [0.15, 0.2) is 15.7 Å². The van der Waals surface area contributed by atoms with Crippen molar-refractivity contribution < 1.29 is 44.3 Å². The second-order valence-corrected chi connectivity index (χ2v) is 5.78. The van der Waals surface area contributed by atoms with Crippen molar-refractivity contribution in [2.75, 3.05) is 11.5 Å². The van der Waals surface area contributed by atoms with E-state index in [0.717, 1.165) is 6.20 Å². The van der Waals surface area contributed by atoms with E-state index in [9.17, 15) is 18.5 Å². The minimum absolute atomic E-state index is 0. The van der Waals surface area contributed by atoms with E-state index in [1.165, 1.54) is 4.57 Å². The number of nitrogens with zero attached hydrogens (tertiary/aromatic N) is 3. The summed E-state index contributed by atoms with van der Waals surface area (Å²) in [5, 5.41) is 10.6. The number of nitro groups is 1. The molecule has 9 heteroatoms. The number of hydrogen-bond donors (Lipinski definition) is 0. The first-order chi connectivity index (χ1) is 7.37. The van der Waals surface area contributed by atoms with E-state index in [2.05, 4.69) is 4.98 Å². The van der Waals surface area contributed by atoms with E-state index in [1.54, 1.807) is 13.8 Å². The van der Waals surface area contributed by atoms with E-state index in [1.807, 2.05) is 0 Å². The van der Waals surface area contributed by atoms with Gasteiger partial charge < -0.3 is 11.5 Å². The molecule has 0 unspecified atom stereocenters. The molecule has 0 aliphatic heterocycles. The molecule has 1 aromatic heterocycles. The van der Waals surface area contributed by atoms with Crippen molar-refractivity contribution in [3.63, 3.8) is 0 Å². The van der Waals surface area contributed by atoms with Gasteiger partial charge in [-0.05, 0) is 4.92 Å².